The summed E-state index contributed by atoms with van der Waals surface area (Å²) < 4.78 is 0. The van der Waals surface area contributed by atoms with Crippen molar-refractivity contribution in [1.29, 1.82) is 0 Å². The fourth-order valence-corrected chi connectivity index (χ4v) is 2.36. The van der Waals surface area contributed by atoms with Crippen LogP contribution in [0.4, 0.5) is 5.69 Å². The molecule has 0 amide bonds. The van der Waals surface area contributed by atoms with Gasteiger partial charge in [-0.2, -0.15) is 0 Å². The summed E-state index contributed by atoms with van der Waals surface area (Å²) in [5.74, 6) is 0.514. The number of anilines is 1. The minimum atomic E-state index is 0.232. The van der Waals surface area contributed by atoms with Crippen LogP contribution in [0.15, 0.2) is 48.6 Å². The third-order valence-electron chi connectivity index (χ3n) is 3.22. The maximum atomic E-state index is 12.1. The molecule has 1 N–H and O–H groups in total. The Morgan fingerprint density at radius 2 is 1.94 bits per heavy atom. The van der Waals surface area contributed by atoms with E-state index in [9.17, 15) is 4.79 Å². The second-order valence-electron chi connectivity index (χ2n) is 4.28. The lowest BCUT2D eigenvalue weighted by Gasteiger charge is -2.22. The molecule has 0 bridgehead atoms. The number of hydrogen-bond donors (Lipinski definition) is 1. The van der Waals surface area contributed by atoms with E-state index in [4.69, 9.17) is 0 Å². The second kappa shape index (κ2) is 3.63. The van der Waals surface area contributed by atoms with Crippen molar-refractivity contribution in [3.8, 4) is 0 Å². The molecular formula is C14H13NO. The number of Topliss-reactive ketones (excluding diaryl/α,β-unsaturated/α-hetero) is 1. The number of para-hydroxylation sites is 1. The molecule has 1 heterocycles. The largest absolute Gasteiger partial charge is 0.378 e. The van der Waals surface area contributed by atoms with Crippen LogP contribution < -0.4 is 5.32 Å². The van der Waals surface area contributed by atoms with Gasteiger partial charge in [0.1, 0.15) is 0 Å². The topological polar surface area (TPSA) is 29.1 Å². The first kappa shape index (κ1) is 9.40. The Kier molecular flexibility index (Phi) is 2.13. The van der Waals surface area contributed by atoms with E-state index in [1.807, 2.05) is 36.4 Å². The maximum absolute atomic E-state index is 12.1. The van der Waals surface area contributed by atoms with E-state index < -0.39 is 0 Å². The van der Waals surface area contributed by atoms with Gasteiger partial charge in [-0.05, 0) is 12.1 Å². The van der Waals surface area contributed by atoms with Crippen molar-refractivity contribution in [2.24, 2.45) is 5.92 Å². The fraction of sp³-hybridized carbons (Fsp3) is 0.214. The molecule has 16 heavy (non-hydrogen) atoms. The van der Waals surface area contributed by atoms with Crippen LogP contribution in [0.5, 0.6) is 0 Å². The van der Waals surface area contributed by atoms with Gasteiger partial charge >= 0.3 is 0 Å². The lowest BCUT2D eigenvalue weighted by atomic mass is 9.91. The Morgan fingerprint density at radius 3 is 2.88 bits per heavy atom. The Balaban J connectivity index is 2.04. The van der Waals surface area contributed by atoms with Crippen LogP contribution in [0.3, 0.4) is 0 Å². The van der Waals surface area contributed by atoms with Gasteiger partial charge in [0.2, 0.25) is 0 Å². The van der Waals surface area contributed by atoms with E-state index in [1.54, 1.807) is 0 Å². The van der Waals surface area contributed by atoms with E-state index in [0.717, 1.165) is 11.3 Å². The quantitative estimate of drug-likeness (QED) is 0.715. The molecule has 0 radical (unpaired) electrons. The van der Waals surface area contributed by atoms with E-state index in [0.29, 0.717) is 6.42 Å². The monoisotopic (exact) mass is 211 g/mol. The van der Waals surface area contributed by atoms with Gasteiger partial charge in [0.05, 0.1) is 6.04 Å². The van der Waals surface area contributed by atoms with Crippen molar-refractivity contribution >= 4 is 11.5 Å². The highest BCUT2D eigenvalue weighted by Crippen LogP contribution is 2.29. The molecule has 0 fully saturated rings. The smallest absolute Gasteiger partial charge is 0.165 e. The van der Waals surface area contributed by atoms with Crippen LogP contribution in [-0.4, -0.2) is 11.8 Å². The summed E-state index contributed by atoms with van der Waals surface area (Å²) >= 11 is 0. The van der Waals surface area contributed by atoms with E-state index in [1.165, 1.54) is 0 Å². The number of allylic oxidation sites excluding steroid dienone is 2. The first-order chi connectivity index (χ1) is 7.84. The van der Waals surface area contributed by atoms with Crippen molar-refractivity contribution in [3.05, 3.63) is 54.1 Å². The lowest BCUT2D eigenvalue weighted by Crippen LogP contribution is -2.26. The van der Waals surface area contributed by atoms with Gasteiger partial charge in [-0.15, -0.1) is 0 Å². The average molecular weight is 211 g/mol. The van der Waals surface area contributed by atoms with Gasteiger partial charge in [-0.3, -0.25) is 4.79 Å². The van der Waals surface area contributed by atoms with Crippen LogP contribution in [-0.2, 0) is 0 Å². The van der Waals surface area contributed by atoms with Gasteiger partial charge in [-0.1, -0.05) is 36.4 Å². The molecule has 1 aromatic carbocycles. The van der Waals surface area contributed by atoms with Crippen LogP contribution in [0.2, 0.25) is 0 Å². The van der Waals surface area contributed by atoms with Crippen LogP contribution in [0.1, 0.15) is 16.8 Å². The minimum Gasteiger partial charge on any atom is -0.378 e. The summed E-state index contributed by atoms with van der Waals surface area (Å²) in [6.07, 6.45) is 8.88. The Hall–Kier alpha value is -1.83. The zero-order valence-corrected chi connectivity index (χ0v) is 8.89. The van der Waals surface area contributed by atoms with Gasteiger partial charge in [0.25, 0.3) is 0 Å². The highest BCUT2D eigenvalue weighted by molar-refractivity contribution is 6.02. The predicted molar refractivity (Wildman–Crippen MR) is 64.6 cm³/mol. The zero-order chi connectivity index (χ0) is 11.0. The zero-order valence-electron chi connectivity index (χ0n) is 8.89. The van der Waals surface area contributed by atoms with Crippen molar-refractivity contribution in [3.63, 3.8) is 0 Å². The second-order valence-corrected chi connectivity index (χ2v) is 4.28. The predicted octanol–water partition coefficient (Wildman–Crippen LogP) is 2.80. The number of rotatable bonds is 0. The number of benzene rings is 1. The van der Waals surface area contributed by atoms with Gasteiger partial charge in [-0.25, -0.2) is 0 Å². The Bertz CT molecular complexity index is 487. The molecule has 1 aromatic rings. The summed E-state index contributed by atoms with van der Waals surface area (Å²) in [4.78, 5) is 12.1. The molecule has 80 valence electrons. The summed E-state index contributed by atoms with van der Waals surface area (Å²) in [6, 6.07) is 8.00. The van der Waals surface area contributed by atoms with Gasteiger partial charge < -0.3 is 5.32 Å². The average Bonchev–Trinajstić information content (AvgIpc) is 2.45. The summed E-state index contributed by atoms with van der Waals surface area (Å²) in [5.41, 5.74) is 1.78. The summed E-state index contributed by atoms with van der Waals surface area (Å²) in [6.45, 7) is 0. The number of hydrogen-bond acceptors (Lipinski definition) is 2. The Morgan fingerprint density at radius 1 is 1.12 bits per heavy atom. The number of carbonyl (C=O) groups excluding carboxylic acids is 1. The highest BCUT2D eigenvalue weighted by atomic mass is 16.1. The van der Waals surface area contributed by atoms with Crippen molar-refractivity contribution in [2.75, 3.05) is 5.32 Å². The van der Waals surface area contributed by atoms with Gasteiger partial charge in [0, 0.05) is 23.6 Å². The molecule has 0 saturated heterocycles. The van der Waals surface area contributed by atoms with Gasteiger partial charge in [0.15, 0.2) is 5.78 Å². The molecule has 2 nitrogen and oxygen atoms in total. The normalized spacial score (nSPS) is 26.6. The van der Waals surface area contributed by atoms with Crippen LogP contribution >= 0.6 is 0 Å². The maximum Gasteiger partial charge on any atom is 0.165 e. The number of fused-ring (bicyclic) bond motifs is 2. The molecule has 0 aromatic heterocycles. The van der Waals surface area contributed by atoms with Crippen molar-refractivity contribution in [1.82, 2.24) is 0 Å². The molecule has 1 aliphatic heterocycles. The summed E-state index contributed by atoms with van der Waals surface area (Å²) in [7, 11) is 0. The first-order valence-corrected chi connectivity index (χ1v) is 5.58. The molecular weight excluding hydrogens is 198 g/mol. The van der Waals surface area contributed by atoms with Crippen molar-refractivity contribution < 1.29 is 4.79 Å². The minimum absolute atomic E-state index is 0.232. The standard InChI is InChI=1S/C14H13NO/c16-14-9-10-5-1-3-7-12(10)15-13-8-4-2-6-11(13)14/h1-8,10,12,15H,9H2. The first-order valence-electron chi connectivity index (χ1n) is 5.58. The third-order valence-corrected chi connectivity index (χ3v) is 3.22. The molecule has 2 unspecified atom stereocenters. The molecule has 0 spiro atoms. The molecule has 1 aliphatic carbocycles. The highest BCUT2D eigenvalue weighted by Gasteiger charge is 2.27. The summed E-state index contributed by atoms with van der Waals surface area (Å²) in [5, 5.41) is 3.43. The third kappa shape index (κ3) is 1.47. The number of nitrogens with one attached hydrogen (secondary N) is 1. The van der Waals surface area contributed by atoms with Crippen molar-refractivity contribution in [2.45, 2.75) is 12.5 Å². The fourth-order valence-electron chi connectivity index (χ4n) is 2.36. The lowest BCUT2D eigenvalue weighted by molar-refractivity contribution is 0.0971. The van der Waals surface area contributed by atoms with Crippen LogP contribution in [0.25, 0.3) is 0 Å². The molecule has 0 saturated carbocycles. The molecule has 2 aliphatic rings. The van der Waals surface area contributed by atoms with E-state index in [2.05, 4.69) is 17.5 Å². The van der Waals surface area contributed by atoms with E-state index in [-0.39, 0.29) is 17.7 Å². The molecule has 3 rings (SSSR count). The SMILES string of the molecule is O=C1CC2C=CC=CC2Nc2ccccc21. The number of ketones is 1. The molecule has 2 atom stereocenters. The van der Waals surface area contributed by atoms with E-state index >= 15 is 0 Å². The Labute approximate surface area is 94.7 Å². The van der Waals surface area contributed by atoms with Crippen LogP contribution in [0, 0.1) is 5.92 Å². The molecule has 2 heteroatoms. The number of carbonyl (C=O) groups is 1.